The zero-order valence-electron chi connectivity index (χ0n) is 11.2. The summed E-state index contributed by atoms with van der Waals surface area (Å²) in [5.74, 6) is 1.57. The van der Waals surface area contributed by atoms with Crippen LogP contribution in [0.4, 0.5) is 0 Å². The number of hydrogen-bond acceptors (Lipinski definition) is 3. The van der Waals surface area contributed by atoms with Gasteiger partial charge in [0.1, 0.15) is 0 Å². The summed E-state index contributed by atoms with van der Waals surface area (Å²) in [5, 5.41) is 0. The highest BCUT2D eigenvalue weighted by molar-refractivity contribution is 5.13. The Kier molecular flexibility index (Phi) is 3.35. The van der Waals surface area contributed by atoms with Crippen molar-refractivity contribution >= 4 is 0 Å². The van der Waals surface area contributed by atoms with Gasteiger partial charge >= 0.3 is 0 Å². The van der Waals surface area contributed by atoms with Gasteiger partial charge in [-0.15, -0.1) is 0 Å². The predicted octanol–water partition coefficient (Wildman–Crippen LogP) is 1.95. The molecule has 1 aromatic rings. The van der Waals surface area contributed by atoms with Gasteiger partial charge in [0.2, 0.25) is 0 Å². The summed E-state index contributed by atoms with van der Waals surface area (Å²) in [4.78, 5) is 6.94. The summed E-state index contributed by atoms with van der Waals surface area (Å²) in [6.45, 7) is 5.48. The Morgan fingerprint density at radius 2 is 2.22 bits per heavy atom. The van der Waals surface area contributed by atoms with Gasteiger partial charge in [0.15, 0.2) is 0 Å². The number of nitrogens with two attached hydrogens (primary N) is 1. The molecule has 1 aromatic heterocycles. The van der Waals surface area contributed by atoms with Gasteiger partial charge in [0.25, 0.3) is 0 Å². The zero-order valence-corrected chi connectivity index (χ0v) is 11.2. The smallest absolute Gasteiger partial charge is 0.0372 e. The van der Waals surface area contributed by atoms with Crippen molar-refractivity contribution in [3.63, 3.8) is 0 Å². The molecule has 0 aromatic carbocycles. The molecule has 18 heavy (non-hydrogen) atoms. The van der Waals surface area contributed by atoms with Crippen LogP contribution in [0.2, 0.25) is 0 Å². The average molecular weight is 245 g/mol. The number of likely N-dealkylation sites (tertiary alicyclic amines) is 1. The van der Waals surface area contributed by atoms with Gasteiger partial charge in [-0.25, -0.2) is 0 Å². The van der Waals surface area contributed by atoms with Crippen molar-refractivity contribution in [2.45, 2.75) is 38.8 Å². The van der Waals surface area contributed by atoms with Crippen LogP contribution in [0.5, 0.6) is 0 Å². The fourth-order valence-electron chi connectivity index (χ4n) is 3.59. The normalized spacial score (nSPS) is 32.4. The van der Waals surface area contributed by atoms with E-state index in [0.29, 0.717) is 6.04 Å². The van der Waals surface area contributed by atoms with Crippen LogP contribution >= 0.6 is 0 Å². The van der Waals surface area contributed by atoms with Gasteiger partial charge in [-0.1, -0.05) is 12.5 Å². The number of aromatic nitrogens is 1. The molecule has 1 aliphatic carbocycles. The molecule has 0 amide bonds. The molecule has 1 saturated carbocycles. The number of fused-ring (bicyclic) bond motifs is 1. The molecule has 0 bridgehead atoms. The molecule has 2 aliphatic rings. The van der Waals surface area contributed by atoms with Gasteiger partial charge in [-0.2, -0.15) is 0 Å². The number of rotatable bonds is 2. The lowest BCUT2D eigenvalue weighted by Crippen LogP contribution is -2.38. The van der Waals surface area contributed by atoms with E-state index in [9.17, 15) is 0 Å². The van der Waals surface area contributed by atoms with Crippen molar-refractivity contribution < 1.29 is 0 Å². The third-order valence-corrected chi connectivity index (χ3v) is 4.61. The molecule has 1 aliphatic heterocycles. The van der Waals surface area contributed by atoms with E-state index in [0.717, 1.165) is 24.1 Å². The average Bonchev–Trinajstić information content (AvgIpc) is 2.76. The quantitative estimate of drug-likeness (QED) is 0.866. The number of pyridine rings is 1. The minimum Gasteiger partial charge on any atom is -0.327 e. The van der Waals surface area contributed by atoms with Crippen LogP contribution in [0.15, 0.2) is 18.3 Å². The summed E-state index contributed by atoms with van der Waals surface area (Å²) in [5.41, 5.74) is 8.68. The number of nitrogens with zero attached hydrogens (tertiary/aromatic N) is 2. The van der Waals surface area contributed by atoms with Crippen molar-refractivity contribution in [1.82, 2.24) is 9.88 Å². The molecule has 0 radical (unpaired) electrons. The summed E-state index contributed by atoms with van der Waals surface area (Å²) < 4.78 is 0. The molecule has 2 N–H and O–H groups in total. The standard InChI is InChI=1S/C15H23N3/c1-11-5-6-12(7-17-11)8-18-9-13-3-2-4-15(16)14(13)10-18/h5-7,13-15H,2-4,8-10,16H2,1H3. The van der Waals surface area contributed by atoms with E-state index >= 15 is 0 Å². The van der Waals surface area contributed by atoms with Gasteiger partial charge < -0.3 is 5.73 Å². The Labute approximate surface area is 109 Å². The highest BCUT2D eigenvalue weighted by Gasteiger charge is 2.38. The fraction of sp³-hybridized carbons (Fsp3) is 0.667. The van der Waals surface area contributed by atoms with Crippen molar-refractivity contribution in [2.75, 3.05) is 13.1 Å². The Bertz CT molecular complexity index is 401. The molecule has 3 nitrogen and oxygen atoms in total. The van der Waals surface area contributed by atoms with Crippen molar-refractivity contribution in [2.24, 2.45) is 17.6 Å². The monoisotopic (exact) mass is 245 g/mol. The molecule has 2 fully saturated rings. The molecule has 3 unspecified atom stereocenters. The topological polar surface area (TPSA) is 42.1 Å². The van der Waals surface area contributed by atoms with Crippen LogP contribution in [0.3, 0.4) is 0 Å². The second-order valence-corrected chi connectivity index (χ2v) is 6.02. The van der Waals surface area contributed by atoms with E-state index in [2.05, 4.69) is 22.0 Å². The SMILES string of the molecule is Cc1ccc(CN2CC3CCCC(N)C3C2)cn1. The maximum absolute atomic E-state index is 6.26. The van der Waals surface area contributed by atoms with Gasteiger partial charge in [-0.3, -0.25) is 9.88 Å². The molecule has 3 heteroatoms. The zero-order chi connectivity index (χ0) is 12.5. The van der Waals surface area contributed by atoms with Crippen LogP contribution in [0.25, 0.3) is 0 Å². The maximum atomic E-state index is 6.26. The van der Waals surface area contributed by atoms with Crippen LogP contribution in [-0.2, 0) is 6.54 Å². The molecule has 2 heterocycles. The summed E-state index contributed by atoms with van der Waals surface area (Å²) >= 11 is 0. The molecule has 98 valence electrons. The Hall–Kier alpha value is -0.930. The Morgan fingerprint density at radius 3 is 2.94 bits per heavy atom. The third-order valence-electron chi connectivity index (χ3n) is 4.61. The lowest BCUT2D eigenvalue weighted by atomic mass is 9.78. The van der Waals surface area contributed by atoms with Crippen LogP contribution in [0.1, 0.15) is 30.5 Å². The molecule has 3 atom stereocenters. The fourth-order valence-corrected chi connectivity index (χ4v) is 3.59. The summed E-state index contributed by atoms with van der Waals surface area (Å²) in [6.07, 6.45) is 5.93. The summed E-state index contributed by atoms with van der Waals surface area (Å²) in [6, 6.07) is 4.74. The first-order valence-electron chi connectivity index (χ1n) is 7.12. The maximum Gasteiger partial charge on any atom is 0.0372 e. The second-order valence-electron chi connectivity index (χ2n) is 6.02. The minimum atomic E-state index is 0.435. The van der Waals surface area contributed by atoms with Crippen molar-refractivity contribution in [3.8, 4) is 0 Å². The van der Waals surface area contributed by atoms with Gasteiger partial charge in [0, 0.05) is 37.6 Å². The highest BCUT2D eigenvalue weighted by atomic mass is 15.2. The second kappa shape index (κ2) is 4.98. The van der Waals surface area contributed by atoms with E-state index in [-0.39, 0.29) is 0 Å². The van der Waals surface area contributed by atoms with Crippen LogP contribution < -0.4 is 5.73 Å². The van der Waals surface area contributed by atoms with Gasteiger partial charge in [0.05, 0.1) is 0 Å². The molecule has 0 spiro atoms. The van der Waals surface area contributed by atoms with E-state index in [4.69, 9.17) is 5.73 Å². The summed E-state index contributed by atoms with van der Waals surface area (Å²) in [7, 11) is 0. The molecular formula is C15H23N3. The van der Waals surface area contributed by atoms with E-state index in [1.165, 1.54) is 37.9 Å². The number of hydrogen-bond donors (Lipinski definition) is 1. The molecular weight excluding hydrogens is 222 g/mol. The first-order chi connectivity index (χ1) is 8.72. The molecule has 3 rings (SSSR count). The van der Waals surface area contributed by atoms with Crippen molar-refractivity contribution in [3.05, 3.63) is 29.6 Å². The Balaban J connectivity index is 1.63. The van der Waals surface area contributed by atoms with Crippen molar-refractivity contribution in [1.29, 1.82) is 0 Å². The Morgan fingerprint density at radius 1 is 1.33 bits per heavy atom. The van der Waals surface area contributed by atoms with E-state index in [1.807, 2.05) is 13.1 Å². The van der Waals surface area contributed by atoms with E-state index in [1.54, 1.807) is 0 Å². The minimum absolute atomic E-state index is 0.435. The highest BCUT2D eigenvalue weighted by Crippen LogP contribution is 2.35. The molecule has 1 saturated heterocycles. The van der Waals surface area contributed by atoms with E-state index < -0.39 is 0 Å². The lowest BCUT2D eigenvalue weighted by molar-refractivity contribution is 0.259. The first kappa shape index (κ1) is 12.1. The lowest BCUT2D eigenvalue weighted by Gasteiger charge is -2.29. The first-order valence-corrected chi connectivity index (χ1v) is 7.12. The number of aryl methyl sites for hydroxylation is 1. The third kappa shape index (κ3) is 2.43. The van der Waals surface area contributed by atoms with Gasteiger partial charge in [-0.05, 0) is 43.2 Å². The van der Waals surface area contributed by atoms with Crippen LogP contribution in [0, 0.1) is 18.8 Å². The van der Waals surface area contributed by atoms with Crippen LogP contribution in [-0.4, -0.2) is 29.0 Å². The largest absolute Gasteiger partial charge is 0.327 e. The predicted molar refractivity (Wildman–Crippen MR) is 73.1 cm³/mol.